The van der Waals surface area contributed by atoms with E-state index in [0.717, 1.165) is 4.88 Å². The van der Waals surface area contributed by atoms with Gasteiger partial charge in [0.25, 0.3) is 0 Å². The SMILES string of the molecule is CCOC(=O)c1ccc(/C=C(C)/C=C/C2=C(C)CCCC2(C)C)s1. The van der Waals surface area contributed by atoms with Gasteiger partial charge in [0.15, 0.2) is 0 Å². The number of allylic oxidation sites excluding steroid dienone is 5. The lowest BCUT2D eigenvalue weighted by atomic mass is 9.72. The molecule has 0 aliphatic heterocycles. The monoisotopic (exact) mass is 344 g/mol. The maximum absolute atomic E-state index is 11.7. The van der Waals surface area contributed by atoms with Gasteiger partial charge < -0.3 is 4.74 Å². The number of carbonyl (C=O) groups is 1. The van der Waals surface area contributed by atoms with E-state index in [1.165, 1.54) is 47.3 Å². The van der Waals surface area contributed by atoms with E-state index in [1.807, 2.05) is 19.1 Å². The highest BCUT2D eigenvalue weighted by Crippen LogP contribution is 2.40. The molecule has 0 saturated carbocycles. The van der Waals surface area contributed by atoms with Crippen LogP contribution >= 0.6 is 11.3 Å². The molecule has 0 N–H and O–H groups in total. The van der Waals surface area contributed by atoms with Gasteiger partial charge in [-0.15, -0.1) is 11.3 Å². The van der Waals surface area contributed by atoms with E-state index >= 15 is 0 Å². The zero-order chi connectivity index (χ0) is 17.7. The van der Waals surface area contributed by atoms with Crippen LogP contribution in [0.1, 0.15) is 68.4 Å². The Morgan fingerprint density at radius 3 is 2.79 bits per heavy atom. The van der Waals surface area contributed by atoms with Crippen LogP contribution < -0.4 is 0 Å². The third-order valence-corrected chi connectivity index (χ3v) is 5.54. The molecule has 1 heterocycles. The van der Waals surface area contributed by atoms with Crippen LogP contribution in [0.4, 0.5) is 0 Å². The molecule has 1 aromatic heterocycles. The molecule has 0 unspecified atom stereocenters. The van der Waals surface area contributed by atoms with Crippen LogP contribution in [0, 0.1) is 5.41 Å². The summed E-state index contributed by atoms with van der Waals surface area (Å²) in [6.07, 6.45) is 10.3. The Labute approximate surface area is 149 Å². The van der Waals surface area contributed by atoms with Crippen molar-refractivity contribution in [3.05, 3.63) is 50.8 Å². The van der Waals surface area contributed by atoms with Crippen LogP contribution in [0.15, 0.2) is 41.0 Å². The van der Waals surface area contributed by atoms with Gasteiger partial charge in [-0.3, -0.25) is 0 Å². The first-order valence-corrected chi connectivity index (χ1v) is 9.48. The maximum Gasteiger partial charge on any atom is 0.348 e. The molecule has 1 aromatic rings. The molecular formula is C21H28O2S. The van der Waals surface area contributed by atoms with Gasteiger partial charge in [-0.1, -0.05) is 31.6 Å². The molecule has 130 valence electrons. The molecule has 0 aromatic carbocycles. The molecule has 0 saturated heterocycles. The van der Waals surface area contributed by atoms with Crippen molar-refractivity contribution < 1.29 is 9.53 Å². The molecule has 0 atom stereocenters. The van der Waals surface area contributed by atoms with Crippen molar-refractivity contribution in [3.8, 4) is 0 Å². The zero-order valence-corrected chi connectivity index (χ0v) is 16.3. The van der Waals surface area contributed by atoms with Crippen molar-refractivity contribution in [2.24, 2.45) is 5.41 Å². The summed E-state index contributed by atoms with van der Waals surface area (Å²) in [6, 6.07) is 3.81. The molecule has 0 bridgehead atoms. The third-order valence-electron chi connectivity index (χ3n) is 4.53. The number of hydrogen-bond donors (Lipinski definition) is 0. The number of hydrogen-bond acceptors (Lipinski definition) is 3. The summed E-state index contributed by atoms with van der Waals surface area (Å²) in [5.74, 6) is -0.236. The highest BCUT2D eigenvalue weighted by molar-refractivity contribution is 7.14. The van der Waals surface area contributed by atoms with E-state index in [1.54, 1.807) is 0 Å². The maximum atomic E-state index is 11.7. The van der Waals surface area contributed by atoms with E-state index in [0.29, 0.717) is 11.5 Å². The first-order valence-electron chi connectivity index (χ1n) is 8.67. The number of esters is 1. The highest BCUT2D eigenvalue weighted by atomic mass is 32.1. The van der Waals surface area contributed by atoms with Crippen LogP contribution in [-0.2, 0) is 4.74 Å². The number of thiophene rings is 1. The topological polar surface area (TPSA) is 26.3 Å². The van der Waals surface area contributed by atoms with Crippen molar-refractivity contribution in [1.29, 1.82) is 0 Å². The van der Waals surface area contributed by atoms with Crippen LogP contribution in [0.5, 0.6) is 0 Å². The second kappa shape index (κ2) is 7.98. The van der Waals surface area contributed by atoms with Crippen LogP contribution in [0.3, 0.4) is 0 Å². The molecule has 1 aliphatic rings. The quantitative estimate of drug-likeness (QED) is 0.455. The molecule has 24 heavy (non-hydrogen) atoms. The van der Waals surface area contributed by atoms with Gasteiger partial charge >= 0.3 is 5.97 Å². The van der Waals surface area contributed by atoms with Gasteiger partial charge in [0.1, 0.15) is 4.88 Å². The summed E-state index contributed by atoms with van der Waals surface area (Å²) >= 11 is 1.47. The predicted octanol–water partition coefficient (Wildman–Crippen LogP) is 6.41. The van der Waals surface area contributed by atoms with E-state index in [-0.39, 0.29) is 11.4 Å². The second-order valence-corrected chi connectivity index (χ2v) is 8.19. The lowest BCUT2D eigenvalue weighted by Gasteiger charge is -2.32. The third kappa shape index (κ3) is 4.70. The minimum Gasteiger partial charge on any atom is -0.462 e. The summed E-state index contributed by atoms with van der Waals surface area (Å²) in [5, 5.41) is 0. The Hall–Kier alpha value is -1.61. The van der Waals surface area contributed by atoms with Crippen molar-refractivity contribution >= 4 is 23.4 Å². The highest BCUT2D eigenvalue weighted by Gasteiger charge is 2.26. The average molecular weight is 345 g/mol. The first-order chi connectivity index (χ1) is 11.3. The van der Waals surface area contributed by atoms with E-state index in [2.05, 4.69) is 45.9 Å². The van der Waals surface area contributed by atoms with E-state index in [9.17, 15) is 4.79 Å². The molecule has 2 rings (SSSR count). The molecule has 3 heteroatoms. The average Bonchev–Trinajstić information content (AvgIpc) is 2.95. The largest absolute Gasteiger partial charge is 0.462 e. The zero-order valence-electron chi connectivity index (χ0n) is 15.4. The smallest absolute Gasteiger partial charge is 0.348 e. The van der Waals surface area contributed by atoms with Gasteiger partial charge in [-0.2, -0.15) is 0 Å². The molecule has 0 radical (unpaired) electrons. The Morgan fingerprint density at radius 1 is 1.38 bits per heavy atom. The Balaban J connectivity index is 2.13. The summed E-state index contributed by atoms with van der Waals surface area (Å²) in [6.45, 7) is 11.3. The van der Waals surface area contributed by atoms with Gasteiger partial charge in [-0.05, 0) is 74.8 Å². The molecule has 0 amide bonds. The normalized spacial score (nSPS) is 18.3. The minimum absolute atomic E-state index is 0.236. The van der Waals surface area contributed by atoms with Crippen molar-refractivity contribution in [3.63, 3.8) is 0 Å². The number of rotatable bonds is 5. The molecule has 0 spiro atoms. The van der Waals surface area contributed by atoms with Crippen LogP contribution in [0.2, 0.25) is 0 Å². The predicted molar refractivity (Wildman–Crippen MR) is 103 cm³/mol. The van der Waals surface area contributed by atoms with Gasteiger partial charge in [0.2, 0.25) is 0 Å². The lowest BCUT2D eigenvalue weighted by Crippen LogP contribution is -2.19. The second-order valence-electron chi connectivity index (χ2n) is 7.08. The van der Waals surface area contributed by atoms with Gasteiger partial charge in [0.05, 0.1) is 6.61 Å². The van der Waals surface area contributed by atoms with E-state index in [4.69, 9.17) is 4.74 Å². The molecule has 2 nitrogen and oxygen atoms in total. The molecule has 1 aliphatic carbocycles. The number of carbonyl (C=O) groups excluding carboxylic acids is 1. The summed E-state index contributed by atoms with van der Waals surface area (Å²) < 4.78 is 5.04. The lowest BCUT2D eigenvalue weighted by molar-refractivity contribution is 0.0532. The van der Waals surface area contributed by atoms with Crippen molar-refractivity contribution in [2.75, 3.05) is 6.61 Å². The number of ether oxygens (including phenoxy) is 1. The van der Waals surface area contributed by atoms with E-state index < -0.39 is 0 Å². The molecule has 0 fully saturated rings. The van der Waals surface area contributed by atoms with Crippen molar-refractivity contribution in [2.45, 2.75) is 53.9 Å². The standard InChI is InChI=1S/C21H28O2S/c1-6-23-20(22)19-12-10-17(24-19)14-15(2)9-11-18-16(3)8-7-13-21(18,4)5/h9-12,14H,6-8,13H2,1-5H3/b11-9+,15-14+. The van der Waals surface area contributed by atoms with Crippen molar-refractivity contribution in [1.82, 2.24) is 0 Å². The van der Waals surface area contributed by atoms with Crippen LogP contribution in [-0.4, -0.2) is 12.6 Å². The fraction of sp³-hybridized carbons (Fsp3) is 0.476. The molecular weight excluding hydrogens is 316 g/mol. The fourth-order valence-corrected chi connectivity index (χ4v) is 4.15. The first kappa shape index (κ1) is 18.7. The Morgan fingerprint density at radius 2 is 2.12 bits per heavy atom. The van der Waals surface area contributed by atoms with Crippen LogP contribution in [0.25, 0.3) is 6.08 Å². The fourth-order valence-electron chi connectivity index (χ4n) is 3.24. The van der Waals surface area contributed by atoms with Gasteiger partial charge in [-0.25, -0.2) is 4.79 Å². The summed E-state index contributed by atoms with van der Waals surface area (Å²) in [4.78, 5) is 13.5. The Kier molecular flexibility index (Phi) is 6.22. The van der Waals surface area contributed by atoms with Gasteiger partial charge in [0, 0.05) is 4.88 Å². The summed E-state index contributed by atoms with van der Waals surface area (Å²) in [5.41, 5.74) is 4.43. The Bertz CT molecular complexity index is 686. The minimum atomic E-state index is -0.236. The summed E-state index contributed by atoms with van der Waals surface area (Å²) in [7, 11) is 0.